The molecular weight excluding hydrogens is 517 g/mol. The van der Waals surface area contributed by atoms with Crippen molar-refractivity contribution in [2.75, 3.05) is 16.0 Å². The standard InChI is InChI=1S/C27H25F3N4O3S/c1-14-3-9-18(10-4-14)31-23(36)26(11-12-26)24(37)34-25-33-20(16-6-7-16)21(38-25)22(35)32-19-13-17(27(28,29)30)8-5-15(19)2/h3-5,8-10,13,16H,6-7,11-12H2,1-2H3,(H,31,36)(H,32,35)(H,33,34,37). The summed E-state index contributed by atoms with van der Waals surface area (Å²) in [6.45, 7) is 3.54. The summed E-state index contributed by atoms with van der Waals surface area (Å²) in [7, 11) is 0. The summed E-state index contributed by atoms with van der Waals surface area (Å²) < 4.78 is 39.5. The van der Waals surface area contributed by atoms with Crippen LogP contribution in [0.5, 0.6) is 0 Å². The average Bonchev–Trinajstić information content (AvgIpc) is 3.79. The molecule has 0 aliphatic heterocycles. The number of anilines is 3. The highest BCUT2D eigenvalue weighted by Gasteiger charge is 2.57. The van der Waals surface area contributed by atoms with Crippen LogP contribution < -0.4 is 16.0 Å². The monoisotopic (exact) mass is 542 g/mol. The van der Waals surface area contributed by atoms with Crippen molar-refractivity contribution >= 4 is 45.6 Å². The highest BCUT2D eigenvalue weighted by Crippen LogP contribution is 2.48. The largest absolute Gasteiger partial charge is 0.416 e. The lowest BCUT2D eigenvalue weighted by Crippen LogP contribution is -2.35. The van der Waals surface area contributed by atoms with Gasteiger partial charge >= 0.3 is 6.18 Å². The van der Waals surface area contributed by atoms with E-state index in [1.807, 2.05) is 19.1 Å². The van der Waals surface area contributed by atoms with Crippen LogP contribution in [0.2, 0.25) is 0 Å². The number of alkyl halides is 3. The van der Waals surface area contributed by atoms with E-state index in [9.17, 15) is 27.6 Å². The van der Waals surface area contributed by atoms with E-state index in [1.165, 1.54) is 6.07 Å². The lowest BCUT2D eigenvalue weighted by Gasteiger charge is -2.14. The van der Waals surface area contributed by atoms with Gasteiger partial charge in [0, 0.05) is 17.3 Å². The zero-order chi connectivity index (χ0) is 27.2. The number of aromatic nitrogens is 1. The van der Waals surface area contributed by atoms with Crippen LogP contribution >= 0.6 is 11.3 Å². The Morgan fingerprint density at radius 1 is 0.947 bits per heavy atom. The molecule has 3 amide bonds. The number of nitrogens with zero attached hydrogens (tertiary/aromatic N) is 1. The maximum Gasteiger partial charge on any atom is 0.416 e. The van der Waals surface area contributed by atoms with E-state index >= 15 is 0 Å². The molecular formula is C27H25F3N4O3S. The van der Waals surface area contributed by atoms with Gasteiger partial charge in [-0.3, -0.25) is 14.4 Å². The van der Waals surface area contributed by atoms with Crippen LogP contribution in [-0.2, 0) is 15.8 Å². The summed E-state index contributed by atoms with van der Waals surface area (Å²) in [5.74, 6) is -1.46. The fraction of sp³-hybridized carbons (Fsp3) is 0.333. The molecule has 7 nitrogen and oxygen atoms in total. The third-order valence-electron chi connectivity index (χ3n) is 6.79. The Bertz CT molecular complexity index is 1420. The average molecular weight is 543 g/mol. The summed E-state index contributed by atoms with van der Waals surface area (Å²) in [5, 5.41) is 8.24. The van der Waals surface area contributed by atoms with E-state index in [2.05, 4.69) is 20.9 Å². The molecule has 0 spiro atoms. The molecule has 5 rings (SSSR count). The molecule has 2 saturated carbocycles. The van der Waals surface area contributed by atoms with Crippen LogP contribution in [0, 0.1) is 19.3 Å². The second-order valence-corrected chi connectivity index (χ2v) is 10.8. The summed E-state index contributed by atoms with van der Waals surface area (Å²) >= 11 is 0.951. The Hall–Kier alpha value is -3.73. The Morgan fingerprint density at radius 2 is 1.61 bits per heavy atom. The first-order valence-electron chi connectivity index (χ1n) is 12.2. The van der Waals surface area contributed by atoms with Crippen molar-refractivity contribution < 1.29 is 27.6 Å². The van der Waals surface area contributed by atoms with Crippen LogP contribution in [0.15, 0.2) is 42.5 Å². The molecule has 0 unspecified atom stereocenters. The van der Waals surface area contributed by atoms with Gasteiger partial charge in [-0.25, -0.2) is 4.98 Å². The predicted octanol–water partition coefficient (Wildman–Crippen LogP) is 6.27. The van der Waals surface area contributed by atoms with Crippen molar-refractivity contribution in [2.24, 2.45) is 5.41 Å². The van der Waals surface area contributed by atoms with Crippen molar-refractivity contribution in [2.45, 2.75) is 51.6 Å². The lowest BCUT2D eigenvalue weighted by atomic mass is 10.1. The van der Waals surface area contributed by atoms with Gasteiger partial charge < -0.3 is 16.0 Å². The second kappa shape index (κ2) is 9.54. The van der Waals surface area contributed by atoms with Gasteiger partial charge in [-0.2, -0.15) is 13.2 Å². The smallest absolute Gasteiger partial charge is 0.325 e. The summed E-state index contributed by atoms with van der Waals surface area (Å²) in [6, 6.07) is 10.4. The molecule has 0 bridgehead atoms. The molecule has 0 radical (unpaired) electrons. The normalized spacial score (nSPS) is 16.0. The minimum atomic E-state index is -4.54. The third-order valence-corrected chi connectivity index (χ3v) is 7.77. The molecule has 1 aromatic heterocycles. The molecule has 0 saturated heterocycles. The quantitative estimate of drug-likeness (QED) is 0.307. The van der Waals surface area contributed by atoms with Crippen LogP contribution in [0.25, 0.3) is 0 Å². The van der Waals surface area contributed by atoms with Crippen molar-refractivity contribution in [3.8, 4) is 0 Å². The van der Waals surface area contributed by atoms with Gasteiger partial charge in [-0.1, -0.05) is 35.1 Å². The van der Waals surface area contributed by atoms with Crippen LogP contribution in [0.1, 0.15) is 63.7 Å². The maximum absolute atomic E-state index is 13.2. The zero-order valence-corrected chi connectivity index (χ0v) is 21.5. The number of hydrogen-bond acceptors (Lipinski definition) is 5. The first-order valence-corrected chi connectivity index (χ1v) is 13.0. The predicted molar refractivity (Wildman–Crippen MR) is 138 cm³/mol. The first-order chi connectivity index (χ1) is 18.0. The van der Waals surface area contributed by atoms with Gasteiger partial charge in [0.15, 0.2) is 5.13 Å². The molecule has 1 heterocycles. The number of amides is 3. The van der Waals surface area contributed by atoms with Crippen LogP contribution in [0.4, 0.5) is 29.7 Å². The Kier molecular flexibility index (Phi) is 6.50. The van der Waals surface area contributed by atoms with E-state index in [1.54, 1.807) is 19.1 Å². The Morgan fingerprint density at radius 3 is 2.21 bits per heavy atom. The topological polar surface area (TPSA) is 100 Å². The summed E-state index contributed by atoms with van der Waals surface area (Å²) in [5.41, 5.74) is 0.586. The van der Waals surface area contributed by atoms with Crippen molar-refractivity contribution in [1.82, 2.24) is 4.98 Å². The van der Waals surface area contributed by atoms with Crippen LogP contribution in [0.3, 0.4) is 0 Å². The molecule has 11 heteroatoms. The molecule has 2 aliphatic carbocycles. The lowest BCUT2D eigenvalue weighted by molar-refractivity contribution is -0.137. The van der Waals surface area contributed by atoms with Crippen molar-refractivity contribution in [3.05, 3.63) is 69.7 Å². The van der Waals surface area contributed by atoms with E-state index in [0.29, 0.717) is 29.8 Å². The van der Waals surface area contributed by atoms with Gasteiger partial charge in [0.1, 0.15) is 10.3 Å². The van der Waals surface area contributed by atoms with Gasteiger partial charge in [0.25, 0.3) is 5.91 Å². The second-order valence-electron chi connectivity index (χ2n) is 9.85. The van der Waals surface area contributed by atoms with E-state index in [-0.39, 0.29) is 21.6 Å². The number of halogens is 3. The molecule has 3 aromatic rings. The van der Waals surface area contributed by atoms with Crippen LogP contribution in [-0.4, -0.2) is 22.7 Å². The molecule has 2 aliphatic rings. The fourth-order valence-corrected chi connectivity index (χ4v) is 5.02. The third kappa shape index (κ3) is 5.28. The highest BCUT2D eigenvalue weighted by atomic mass is 32.1. The number of carbonyl (C=O) groups is 3. The maximum atomic E-state index is 13.2. The molecule has 198 valence electrons. The minimum absolute atomic E-state index is 0.0416. The van der Waals surface area contributed by atoms with Gasteiger partial charge in [0.05, 0.1) is 11.3 Å². The number of nitrogens with one attached hydrogen (secondary N) is 3. The highest BCUT2D eigenvalue weighted by molar-refractivity contribution is 7.17. The molecule has 2 aromatic carbocycles. The first kappa shape index (κ1) is 25.9. The fourth-order valence-electron chi connectivity index (χ4n) is 4.08. The van der Waals surface area contributed by atoms with E-state index in [4.69, 9.17) is 0 Å². The number of aryl methyl sites for hydroxylation is 2. The number of carbonyl (C=O) groups excluding carboxylic acids is 3. The molecule has 0 atom stereocenters. The zero-order valence-electron chi connectivity index (χ0n) is 20.7. The number of rotatable bonds is 7. The molecule has 38 heavy (non-hydrogen) atoms. The Balaban J connectivity index is 1.32. The van der Waals surface area contributed by atoms with Crippen molar-refractivity contribution in [3.63, 3.8) is 0 Å². The number of thiazole rings is 1. The van der Waals surface area contributed by atoms with E-state index in [0.717, 1.165) is 41.9 Å². The minimum Gasteiger partial charge on any atom is -0.325 e. The number of hydrogen-bond donors (Lipinski definition) is 3. The summed E-state index contributed by atoms with van der Waals surface area (Å²) in [4.78, 5) is 43.8. The van der Waals surface area contributed by atoms with Gasteiger partial charge in [-0.15, -0.1) is 0 Å². The number of benzene rings is 2. The van der Waals surface area contributed by atoms with Gasteiger partial charge in [0.2, 0.25) is 11.8 Å². The summed E-state index contributed by atoms with van der Waals surface area (Å²) in [6.07, 6.45) is -2.12. The molecule has 3 N–H and O–H groups in total. The van der Waals surface area contributed by atoms with E-state index < -0.39 is 34.9 Å². The molecule has 2 fully saturated rings. The van der Waals surface area contributed by atoms with Gasteiger partial charge in [-0.05, 0) is 69.4 Å². The Labute approximate surface area is 220 Å². The van der Waals surface area contributed by atoms with Crippen molar-refractivity contribution in [1.29, 1.82) is 0 Å². The SMILES string of the molecule is Cc1ccc(NC(=O)C2(C(=O)Nc3nc(C4CC4)c(C(=O)Nc4cc(C(F)(F)F)ccc4C)s3)CC2)cc1.